The Labute approximate surface area is 129 Å². The molecule has 21 heavy (non-hydrogen) atoms. The monoisotopic (exact) mass is 371 g/mol. The molecule has 0 aliphatic carbocycles. The summed E-state index contributed by atoms with van der Waals surface area (Å²) in [5.74, 6) is -1.21. The van der Waals surface area contributed by atoms with Gasteiger partial charge in [0.1, 0.15) is 6.33 Å². The highest BCUT2D eigenvalue weighted by Crippen LogP contribution is 2.21. The van der Waals surface area contributed by atoms with Crippen LogP contribution in [0.25, 0.3) is 0 Å². The van der Waals surface area contributed by atoms with Gasteiger partial charge in [0, 0.05) is 10.7 Å². The van der Waals surface area contributed by atoms with Crippen LogP contribution in [0.2, 0.25) is 0 Å². The number of aromatic nitrogens is 2. The predicted molar refractivity (Wildman–Crippen MR) is 77.2 cm³/mol. The van der Waals surface area contributed by atoms with E-state index in [1.165, 1.54) is 24.7 Å². The molecule has 0 atom stereocenters. The molecule has 1 aromatic carbocycles. The van der Waals surface area contributed by atoms with E-state index in [9.17, 15) is 13.2 Å². The standard InChI is InChI=1S/C12H10BrN3O4S/c13-11-2-1-9(5-10(11)12(17)18)21(19,20)16-6-8-3-4-14-7-15-8/h1-5,7,16H,6H2,(H,17,18). The summed E-state index contributed by atoms with van der Waals surface area (Å²) in [6.45, 7) is -0.0106. The number of rotatable bonds is 5. The molecule has 1 aromatic heterocycles. The van der Waals surface area contributed by atoms with Crippen molar-refractivity contribution in [2.45, 2.75) is 11.4 Å². The fourth-order valence-electron chi connectivity index (χ4n) is 1.51. The summed E-state index contributed by atoms with van der Waals surface area (Å²) < 4.78 is 26.9. The first-order chi connectivity index (χ1) is 9.90. The van der Waals surface area contributed by atoms with Gasteiger partial charge >= 0.3 is 5.97 Å². The van der Waals surface area contributed by atoms with Crippen LogP contribution in [-0.2, 0) is 16.6 Å². The fraction of sp³-hybridized carbons (Fsp3) is 0.0833. The minimum atomic E-state index is -3.83. The van der Waals surface area contributed by atoms with Crippen molar-refractivity contribution in [2.75, 3.05) is 0 Å². The van der Waals surface area contributed by atoms with Gasteiger partial charge in [-0.3, -0.25) is 0 Å². The van der Waals surface area contributed by atoms with Crippen molar-refractivity contribution in [3.63, 3.8) is 0 Å². The lowest BCUT2D eigenvalue weighted by molar-refractivity contribution is 0.0695. The van der Waals surface area contributed by atoms with E-state index in [4.69, 9.17) is 5.11 Å². The second kappa shape index (κ2) is 6.29. The highest BCUT2D eigenvalue weighted by molar-refractivity contribution is 9.10. The molecular formula is C12H10BrN3O4S. The van der Waals surface area contributed by atoms with E-state index in [1.54, 1.807) is 6.07 Å². The van der Waals surface area contributed by atoms with Gasteiger partial charge in [-0.1, -0.05) is 0 Å². The molecule has 0 saturated carbocycles. The van der Waals surface area contributed by atoms with Crippen LogP contribution in [0.15, 0.2) is 46.2 Å². The van der Waals surface area contributed by atoms with Gasteiger partial charge in [-0.05, 0) is 40.2 Å². The summed E-state index contributed by atoms with van der Waals surface area (Å²) in [6, 6.07) is 5.36. The summed E-state index contributed by atoms with van der Waals surface area (Å²) in [7, 11) is -3.83. The summed E-state index contributed by atoms with van der Waals surface area (Å²) in [4.78, 5) is 18.5. The lowest BCUT2D eigenvalue weighted by Gasteiger charge is -2.08. The highest BCUT2D eigenvalue weighted by atomic mass is 79.9. The number of benzene rings is 1. The van der Waals surface area contributed by atoms with Crippen LogP contribution in [-0.4, -0.2) is 29.5 Å². The van der Waals surface area contributed by atoms with Crippen LogP contribution in [0.1, 0.15) is 16.1 Å². The molecule has 2 rings (SSSR count). The lowest BCUT2D eigenvalue weighted by Crippen LogP contribution is -2.24. The number of aromatic carboxylic acids is 1. The Balaban J connectivity index is 2.24. The molecule has 9 heteroatoms. The molecule has 0 saturated heterocycles. The predicted octanol–water partition coefficient (Wildman–Crippen LogP) is 1.42. The van der Waals surface area contributed by atoms with Gasteiger partial charge in [-0.2, -0.15) is 0 Å². The average Bonchev–Trinajstić information content (AvgIpc) is 2.46. The van der Waals surface area contributed by atoms with Gasteiger partial charge in [0.25, 0.3) is 0 Å². The van der Waals surface area contributed by atoms with Gasteiger partial charge in [0.05, 0.1) is 22.7 Å². The Morgan fingerprint density at radius 3 is 2.71 bits per heavy atom. The van der Waals surface area contributed by atoms with E-state index in [0.717, 1.165) is 6.07 Å². The van der Waals surface area contributed by atoms with Crippen molar-refractivity contribution in [1.29, 1.82) is 0 Å². The molecule has 110 valence electrons. The van der Waals surface area contributed by atoms with E-state index in [1.807, 2.05) is 0 Å². The highest BCUT2D eigenvalue weighted by Gasteiger charge is 2.18. The zero-order valence-electron chi connectivity index (χ0n) is 10.5. The van der Waals surface area contributed by atoms with Crippen LogP contribution in [0.4, 0.5) is 0 Å². The largest absolute Gasteiger partial charge is 0.478 e. The van der Waals surface area contributed by atoms with E-state index < -0.39 is 16.0 Å². The average molecular weight is 372 g/mol. The quantitative estimate of drug-likeness (QED) is 0.822. The number of hydrogen-bond acceptors (Lipinski definition) is 5. The normalized spacial score (nSPS) is 11.3. The van der Waals surface area contributed by atoms with Crippen LogP contribution in [0, 0.1) is 0 Å². The van der Waals surface area contributed by atoms with Crippen LogP contribution >= 0.6 is 15.9 Å². The van der Waals surface area contributed by atoms with Crippen LogP contribution in [0.3, 0.4) is 0 Å². The SMILES string of the molecule is O=C(O)c1cc(S(=O)(=O)NCc2ccncn2)ccc1Br. The maximum absolute atomic E-state index is 12.1. The van der Waals surface area contributed by atoms with Crippen LogP contribution < -0.4 is 4.72 Å². The Kier molecular flexibility index (Phi) is 4.66. The third kappa shape index (κ3) is 3.84. The zero-order valence-corrected chi connectivity index (χ0v) is 12.9. The molecule has 0 amide bonds. The van der Waals surface area contributed by atoms with Gasteiger partial charge < -0.3 is 5.11 Å². The van der Waals surface area contributed by atoms with Crippen molar-refractivity contribution < 1.29 is 18.3 Å². The van der Waals surface area contributed by atoms with E-state index >= 15 is 0 Å². The molecule has 0 aliphatic rings. The Hall–Kier alpha value is -1.84. The van der Waals surface area contributed by atoms with E-state index in [-0.39, 0.29) is 17.0 Å². The summed E-state index contributed by atoms with van der Waals surface area (Å²) in [5.41, 5.74) is 0.379. The zero-order chi connectivity index (χ0) is 15.5. The van der Waals surface area contributed by atoms with Crippen molar-refractivity contribution >= 4 is 31.9 Å². The summed E-state index contributed by atoms with van der Waals surface area (Å²) >= 11 is 3.06. The van der Waals surface area contributed by atoms with Crippen molar-refractivity contribution in [1.82, 2.24) is 14.7 Å². The molecule has 0 radical (unpaired) electrons. The van der Waals surface area contributed by atoms with Gasteiger partial charge in [-0.15, -0.1) is 0 Å². The number of hydrogen-bond donors (Lipinski definition) is 2. The topological polar surface area (TPSA) is 109 Å². The maximum atomic E-state index is 12.1. The first-order valence-corrected chi connectivity index (χ1v) is 7.95. The Morgan fingerprint density at radius 1 is 1.33 bits per heavy atom. The number of nitrogens with zero attached hydrogens (tertiary/aromatic N) is 2. The summed E-state index contributed by atoms with van der Waals surface area (Å²) in [5, 5.41) is 9.00. The fourth-order valence-corrected chi connectivity index (χ4v) is 2.95. The second-order valence-electron chi connectivity index (χ2n) is 3.97. The van der Waals surface area contributed by atoms with Crippen molar-refractivity contribution in [2.24, 2.45) is 0 Å². The second-order valence-corrected chi connectivity index (χ2v) is 6.59. The molecule has 0 bridgehead atoms. The third-order valence-electron chi connectivity index (χ3n) is 2.57. The van der Waals surface area contributed by atoms with Gasteiger partial charge in [0.2, 0.25) is 10.0 Å². The number of halogens is 1. The Morgan fingerprint density at radius 2 is 2.10 bits per heavy atom. The molecule has 0 fully saturated rings. The first-order valence-electron chi connectivity index (χ1n) is 5.67. The maximum Gasteiger partial charge on any atom is 0.336 e. The third-order valence-corrected chi connectivity index (χ3v) is 4.66. The number of sulfonamides is 1. The molecule has 2 N–H and O–H groups in total. The molecule has 1 heterocycles. The van der Waals surface area contributed by atoms with E-state index in [0.29, 0.717) is 10.2 Å². The number of carbonyl (C=O) groups is 1. The lowest BCUT2D eigenvalue weighted by atomic mass is 10.2. The number of nitrogens with one attached hydrogen (secondary N) is 1. The Bertz CT molecular complexity index is 765. The summed E-state index contributed by atoms with van der Waals surface area (Å²) in [6.07, 6.45) is 2.81. The van der Waals surface area contributed by atoms with Gasteiger partial charge in [0.15, 0.2) is 0 Å². The minimum absolute atomic E-state index is 0.0106. The van der Waals surface area contributed by atoms with Crippen molar-refractivity contribution in [3.8, 4) is 0 Å². The smallest absolute Gasteiger partial charge is 0.336 e. The first kappa shape index (κ1) is 15.5. The molecular weight excluding hydrogens is 362 g/mol. The van der Waals surface area contributed by atoms with Crippen molar-refractivity contribution in [3.05, 3.63) is 52.5 Å². The number of carboxylic acid groups (broad SMARTS) is 1. The molecule has 0 spiro atoms. The molecule has 0 unspecified atom stereocenters. The molecule has 2 aromatic rings. The van der Waals surface area contributed by atoms with Gasteiger partial charge in [-0.25, -0.2) is 27.9 Å². The van der Waals surface area contributed by atoms with E-state index in [2.05, 4.69) is 30.6 Å². The molecule has 7 nitrogen and oxygen atoms in total. The molecule has 0 aliphatic heterocycles. The number of carboxylic acids is 1. The minimum Gasteiger partial charge on any atom is -0.478 e. The van der Waals surface area contributed by atoms with Crippen LogP contribution in [0.5, 0.6) is 0 Å².